The zero-order valence-corrected chi connectivity index (χ0v) is 11.3. The van der Waals surface area contributed by atoms with Gasteiger partial charge >= 0.3 is 80.0 Å². The molecule has 0 unspecified atom stereocenters. The van der Waals surface area contributed by atoms with Crippen LogP contribution in [0.3, 0.4) is 0 Å². The number of hydrogen-bond acceptors (Lipinski definition) is 0. The normalized spacial score (nSPS) is 12.0. The van der Waals surface area contributed by atoms with E-state index in [0.717, 1.165) is 0 Å². The molecule has 0 nitrogen and oxygen atoms in total. The van der Waals surface area contributed by atoms with Gasteiger partial charge in [-0.05, 0) is 0 Å². The molecule has 0 saturated heterocycles. The van der Waals surface area contributed by atoms with E-state index in [2.05, 4.69) is 20.8 Å². The molecule has 0 heterocycles. The third-order valence-electron chi connectivity index (χ3n) is 2.09. The third kappa shape index (κ3) is 5.42. The Labute approximate surface area is 79.7 Å². The molecule has 0 bridgehead atoms. The molecule has 0 aliphatic heterocycles. The number of hydrogen-bond donors (Lipinski definition) is 0. The second kappa shape index (κ2) is 6.66. The first-order valence-corrected chi connectivity index (χ1v) is 13.3. The fraction of sp³-hybridized carbons (Fsp3) is 1.00. The summed E-state index contributed by atoms with van der Waals surface area (Å²) in [4.78, 5) is 0. The summed E-state index contributed by atoms with van der Waals surface area (Å²) in [5, 5.41) is 0. The van der Waals surface area contributed by atoms with E-state index >= 15 is 0 Å². The van der Waals surface area contributed by atoms with Crippen LogP contribution in [0.4, 0.5) is 0 Å². The van der Waals surface area contributed by atoms with Crippen LogP contribution >= 0.6 is 8.51 Å². The molecule has 0 amide bonds. The van der Waals surface area contributed by atoms with Crippen molar-refractivity contribution in [2.45, 2.75) is 52.4 Å². The second-order valence-corrected chi connectivity index (χ2v) is 17.5. The first-order valence-electron chi connectivity index (χ1n) is 4.87. The van der Waals surface area contributed by atoms with E-state index in [1.807, 2.05) is 0 Å². The Morgan fingerprint density at radius 1 is 0.818 bits per heavy atom. The molecule has 0 N–H and O–H groups in total. The molecule has 0 aromatic rings. The molecule has 0 rings (SSSR count). The summed E-state index contributed by atoms with van der Waals surface area (Å²) < 4.78 is 4.16. The van der Waals surface area contributed by atoms with Gasteiger partial charge in [0.25, 0.3) is 0 Å². The van der Waals surface area contributed by atoms with Crippen molar-refractivity contribution in [3.63, 3.8) is 0 Å². The van der Waals surface area contributed by atoms with Gasteiger partial charge in [0.15, 0.2) is 0 Å². The van der Waals surface area contributed by atoms with Crippen molar-refractivity contribution >= 4 is 8.51 Å². The Bertz CT molecular complexity index is 76.5. The fourth-order valence-electron chi connectivity index (χ4n) is 1.72. The van der Waals surface area contributed by atoms with Crippen molar-refractivity contribution in [3.8, 4) is 0 Å². The minimum absolute atomic E-state index is 1.31. The third-order valence-corrected chi connectivity index (χ3v) is 15.7. The summed E-state index contributed by atoms with van der Waals surface area (Å²) in [5.41, 5.74) is 0. The van der Waals surface area contributed by atoms with Crippen LogP contribution in [-0.4, -0.2) is 0 Å². The molecule has 0 aliphatic rings. The SMILES string of the molecule is CC[CH2][Zr]([Cl])([CH2]CC)[CH2]CC. The number of rotatable bonds is 6. The van der Waals surface area contributed by atoms with Crippen LogP contribution in [0.15, 0.2) is 0 Å². The molecule has 0 radical (unpaired) electrons. The Morgan fingerprint density at radius 3 is 1.27 bits per heavy atom. The van der Waals surface area contributed by atoms with Gasteiger partial charge in [-0.2, -0.15) is 0 Å². The molecular weight excluding hydrogens is 235 g/mol. The van der Waals surface area contributed by atoms with Gasteiger partial charge in [0.05, 0.1) is 0 Å². The molecule has 11 heavy (non-hydrogen) atoms. The monoisotopic (exact) mass is 254 g/mol. The van der Waals surface area contributed by atoms with Gasteiger partial charge in [-0.1, -0.05) is 0 Å². The van der Waals surface area contributed by atoms with E-state index in [-0.39, 0.29) is 0 Å². The van der Waals surface area contributed by atoms with Crippen molar-refractivity contribution in [2.24, 2.45) is 0 Å². The van der Waals surface area contributed by atoms with Crippen molar-refractivity contribution in [3.05, 3.63) is 0 Å². The maximum atomic E-state index is 6.65. The maximum absolute atomic E-state index is 6.65. The molecule has 0 aliphatic carbocycles. The predicted octanol–water partition coefficient (Wildman–Crippen LogP) is 4.78. The predicted molar refractivity (Wildman–Crippen MR) is 51.1 cm³/mol. The Morgan fingerprint density at radius 2 is 1.09 bits per heavy atom. The van der Waals surface area contributed by atoms with E-state index < -0.39 is 19.1 Å². The van der Waals surface area contributed by atoms with E-state index in [1.165, 1.54) is 31.6 Å². The first kappa shape index (κ1) is 12.2. The summed E-state index contributed by atoms with van der Waals surface area (Å²) >= 11 is -1.99. The van der Waals surface area contributed by atoms with Crippen molar-refractivity contribution in [1.29, 1.82) is 0 Å². The Kier molecular flexibility index (Phi) is 7.37. The molecule has 0 aromatic carbocycles. The number of halogens is 1. The van der Waals surface area contributed by atoms with Gasteiger partial charge in [0.1, 0.15) is 0 Å². The van der Waals surface area contributed by atoms with E-state index in [4.69, 9.17) is 8.51 Å². The van der Waals surface area contributed by atoms with Gasteiger partial charge in [-0.15, -0.1) is 0 Å². The van der Waals surface area contributed by atoms with E-state index in [9.17, 15) is 0 Å². The summed E-state index contributed by atoms with van der Waals surface area (Å²) in [7, 11) is 6.65. The zero-order valence-electron chi connectivity index (χ0n) is 8.12. The van der Waals surface area contributed by atoms with Crippen LogP contribution in [-0.2, 0) is 19.1 Å². The molecule has 0 saturated carbocycles. The molecule has 0 spiro atoms. The standard InChI is InChI=1S/3C3H7.ClH.Zr/c3*1-3-2;;/h3*1,3H2,2H3;1H;/q;;;;+1/p-1. The second-order valence-electron chi connectivity index (χ2n) is 3.40. The Hall–Kier alpha value is 1.17. The molecule has 0 atom stereocenters. The van der Waals surface area contributed by atoms with Crippen molar-refractivity contribution in [1.82, 2.24) is 0 Å². The molecule has 68 valence electrons. The van der Waals surface area contributed by atoms with Crippen LogP contribution < -0.4 is 0 Å². The van der Waals surface area contributed by atoms with Crippen molar-refractivity contribution < 1.29 is 19.1 Å². The summed E-state index contributed by atoms with van der Waals surface area (Å²) in [5.74, 6) is 0. The van der Waals surface area contributed by atoms with Crippen LogP contribution in [0.5, 0.6) is 0 Å². The van der Waals surface area contributed by atoms with E-state index in [0.29, 0.717) is 0 Å². The van der Waals surface area contributed by atoms with Gasteiger partial charge in [-0.3, -0.25) is 0 Å². The topological polar surface area (TPSA) is 0 Å². The van der Waals surface area contributed by atoms with Crippen LogP contribution in [0.25, 0.3) is 0 Å². The van der Waals surface area contributed by atoms with Gasteiger partial charge in [0.2, 0.25) is 0 Å². The molecule has 0 fully saturated rings. The minimum atomic E-state index is -1.99. The van der Waals surface area contributed by atoms with Gasteiger partial charge in [-0.25, -0.2) is 0 Å². The fourth-order valence-corrected chi connectivity index (χ4v) is 13.5. The van der Waals surface area contributed by atoms with Crippen molar-refractivity contribution in [2.75, 3.05) is 0 Å². The average molecular weight is 256 g/mol. The molecular formula is C9H21ClZr. The Balaban J connectivity index is 3.79. The van der Waals surface area contributed by atoms with Crippen LogP contribution in [0.1, 0.15) is 40.0 Å². The van der Waals surface area contributed by atoms with Crippen LogP contribution in [0.2, 0.25) is 12.4 Å². The van der Waals surface area contributed by atoms with E-state index in [1.54, 1.807) is 0 Å². The van der Waals surface area contributed by atoms with Gasteiger partial charge in [0, 0.05) is 0 Å². The zero-order chi connectivity index (χ0) is 8.74. The quantitative estimate of drug-likeness (QED) is 0.641. The molecule has 0 aromatic heterocycles. The molecule has 2 heteroatoms. The summed E-state index contributed by atoms with van der Waals surface area (Å²) in [6.45, 7) is 6.79. The first-order chi connectivity index (χ1) is 5.18. The van der Waals surface area contributed by atoms with Gasteiger partial charge < -0.3 is 0 Å². The average Bonchev–Trinajstić information content (AvgIpc) is 1.88. The summed E-state index contributed by atoms with van der Waals surface area (Å²) in [6, 6.07) is 0. The summed E-state index contributed by atoms with van der Waals surface area (Å²) in [6.07, 6.45) is 3.92. The van der Waals surface area contributed by atoms with Crippen LogP contribution in [0, 0.1) is 0 Å².